The predicted octanol–water partition coefficient (Wildman–Crippen LogP) is 1.92. The molecular formula is C13H17FO3. The average Bonchev–Trinajstić information content (AvgIpc) is 2.85. The SMILES string of the molecule is COc1cccc(CC(O)C2CCCO2)c1F. The van der Waals surface area contributed by atoms with E-state index in [0.717, 1.165) is 12.8 Å². The molecule has 1 saturated heterocycles. The van der Waals surface area contributed by atoms with E-state index in [1.165, 1.54) is 7.11 Å². The van der Waals surface area contributed by atoms with Crippen LogP contribution in [-0.4, -0.2) is 31.0 Å². The first kappa shape index (κ1) is 12.3. The zero-order valence-corrected chi connectivity index (χ0v) is 9.86. The molecule has 1 heterocycles. The predicted molar refractivity (Wildman–Crippen MR) is 61.6 cm³/mol. The van der Waals surface area contributed by atoms with Gasteiger partial charge in [-0.1, -0.05) is 12.1 Å². The maximum atomic E-state index is 13.8. The third-order valence-electron chi connectivity index (χ3n) is 3.09. The Morgan fingerprint density at radius 1 is 1.59 bits per heavy atom. The quantitative estimate of drug-likeness (QED) is 0.873. The zero-order chi connectivity index (χ0) is 12.3. The summed E-state index contributed by atoms with van der Waals surface area (Å²) in [7, 11) is 1.43. The lowest BCUT2D eigenvalue weighted by molar-refractivity contribution is -0.00116. The molecule has 1 aromatic rings. The van der Waals surface area contributed by atoms with Crippen LogP contribution in [0.5, 0.6) is 5.75 Å². The van der Waals surface area contributed by atoms with Gasteiger partial charge >= 0.3 is 0 Å². The molecule has 0 aromatic heterocycles. The van der Waals surface area contributed by atoms with Gasteiger partial charge in [0.2, 0.25) is 0 Å². The lowest BCUT2D eigenvalue weighted by Gasteiger charge is -2.18. The summed E-state index contributed by atoms with van der Waals surface area (Å²) >= 11 is 0. The number of halogens is 1. The van der Waals surface area contributed by atoms with Crippen molar-refractivity contribution in [3.63, 3.8) is 0 Å². The Balaban J connectivity index is 2.07. The number of rotatable bonds is 4. The van der Waals surface area contributed by atoms with Gasteiger partial charge in [0.05, 0.1) is 19.3 Å². The first-order chi connectivity index (χ1) is 8.22. The van der Waals surface area contributed by atoms with Gasteiger partial charge in [0, 0.05) is 13.0 Å². The minimum Gasteiger partial charge on any atom is -0.494 e. The average molecular weight is 240 g/mol. The van der Waals surface area contributed by atoms with Crippen molar-refractivity contribution in [1.82, 2.24) is 0 Å². The van der Waals surface area contributed by atoms with Crippen LogP contribution in [0.25, 0.3) is 0 Å². The van der Waals surface area contributed by atoms with Crippen molar-refractivity contribution in [1.29, 1.82) is 0 Å². The first-order valence-corrected chi connectivity index (χ1v) is 5.83. The van der Waals surface area contributed by atoms with Crippen LogP contribution < -0.4 is 4.74 Å². The summed E-state index contributed by atoms with van der Waals surface area (Å²) < 4.78 is 24.1. The molecule has 1 N–H and O–H groups in total. The number of methoxy groups -OCH3 is 1. The van der Waals surface area contributed by atoms with E-state index in [1.54, 1.807) is 18.2 Å². The van der Waals surface area contributed by atoms with Crippen LogP contribution in [0.15, 0.2) is 18.2 Å². The van der Waals surface area contributed by atoms with Crippen molar-refractivity contribution < 1.29 is 19.0 Å². The van der Waals surface area contributed by atoms with E-state index < -0.39 is 11.9 Å². The van der Waals surface area contributed by atoms with Gasteiger partial charge in [0.15, 0.2) is 11.6 Å². The molecule has 4 heteroatoms. The highest BCUT2D eigenvalue weighted by molar-refractivity contribution is 5.31. The molecule has 17 heavy (non-hydrogen) atoms. The summed E-state index contributed by atoms with van der Waals surface area (Å²) in [6, 6.07) is 4.95. The molecule has 1 aromatic carbocycles. The van der Waals surface area contributed by atoms with E-state index in [4.69, 9.17) is 9.47 Å². The minimum atomic E-state index is -0.654. The summed E-state index contributed by atoms with van der Waals surface area (Å²) in [6.07, 6.45) is 1.24. The van der Waals surface area contributed by atoms with Gasteiger partial charge < -0.3 is 14.6 Å². The van der Waals surface area contributed by atoms with Gasteiger partial charge in [-0.2, -0.15) is 0 Å². The molecule has 0 amide bonds. The maximum Gasteiger partial charge on any atom is 0.168 e. The van der Waals surface area contributed by atoms with Crippen LogP contribution >= 0.6 is 0 Å². The van der Waals surface area contributed by atoms with Crippen molar-refractivity contribution in [3.8, 4) is 5.75 Å². The zero-order valence-electron chi connectivity index (χ0n) is 9.86. The van der Waals surface area contributed by atoms with E-state index in [9.17, 15) is 9.50 Å². The molecule has 1 aliphatic heterocycles. The third-order valence-corrected chi connectivity index (χ3v) is 3.09. The van der Waals surface area contributed by atoms with Gasteiger partial charge in [0.1, 0.15) is 0 Å². The Morgan fingerprint density at radius 3 is 3.06 bits per heavy atom. The van der Waals surface area contributed by atoms with E-state index in [-0.39, 0.29) is 18.3 Å². The maximum absolute atomic E-state index is 13.8. The summed E-state index contributed by atoms with van der Waals surface area (Å²) in [5.41, 5.74) is 0.465. The van der Waals surface area contributed by atoms with Crippen LogP contribution in [-0.2, 0) is 11.2 Å². The van der Waals surface area contributed by atoms with Gasteiger partial charge in [-0.3, -0.25) is 0 Å². The molecule has 0 saturated carbocycles. The molecule has 0 aliphatic carbocycles. The highest BCUT2D eigenvalue weighted by atomic mass is 19.1. The Bertz CT molecular complexity index is 375. The second kappa shape index (κ2) is 5.47. The number of ether oxygens (including phenoxy) is 2. The summed E-state index contributed by atoms with van der Waals surface area (Å²) in [4.78, 5) is 0. The van der Waals surface area contributed by atoms with Crippen LogP contribution in [0.4, 0.5) is 4.39 Å². The number of aliphatic hydroxyl groups is 1. The van der Waals surface area contributed by atoms with Crippen molar-refractivity contribution in [2.24, 2.45) is 0 Å². The second-order valence-corrected chi connectivity index (χ2v) is 4.26. The van der Waals surface area contributed by atoms with E-state index >= 15 is 0 Å². The normalized spacial score (nSPS) is 21.5. The number of benzene rings is 1. The lowest BCUT2D eigenvalue weighted by atomic mass is 10.0. The summed E-state index contributed by atoms with van der Waals surface area (Å²) in [5, 5.41) is 9.96. The Morgan fingerprint density at radius 2 is 2.41 bits per heavy atom. The van der Waals surface area contributed by atoms with Crippen molar-refractivity contribution in [2.75, 3.05) is 13.7 Å². The fraction of sp³-hybridized carbons (Fsp3) is 0.538. The molecule has 0 radical (unpaired) electrons. The second-order valence-electron chi connectivity index (χ2n) is 4.26. The molecule has 2 unspecified atom stereocenters. The van der Waals surface area contributed by atoms with Crippen LogP contribution in [0, 0.1) is 5.82 Å². The topological polar surface area (TPSA) is 38.7 Å². The first-order valence-electron chi connectivity index (χ1n) is 5.83. The van der Waals surface area contributed by atoms with E-state index in [2.05, 4.69) is 0 Å². The van der Waals surface area contributed by atoms with Gasteiger partial charge in [-0.05, 0) is 24.5 Å². The summed E-state index contributed by atoms with van der Waals surface area (Å²) in [5.74, 6) is -0.186. The van der Waals surface area contributed by atoms with Crippen molar-refractivity contribution in [2.45, 2.75) is 31.5 Å². The number of aliphatic hydroxyl groups excluding tert-OH is 1. The standard InChI is InChI=1S/C13H17FO3/c1-16-12-5-2-4-9(13(12)14)8-10(15)11-6-3-7-17-11/h2,4-5,10-11,15H,3,6-8H2,1H3. The summed E-state index contributed by atoms with van der Waals surface area (Å²) in [6.45, 7) is 0.683. The molecule has 1 fully saturated rings. The fourth-order valence-electron chi connectivity index (χ4n) is 2.13. The molecule has 3 nitrogen and oxygen atoms in total. The molecule has 1 aliphatic rings. The molecule has 2 rings (SSSR count). The van der Waals surface area contributed by atoms with Gasteiger partial charge in [-0.25, -0.2) is 4.39 Å². The van der Waals surface area contributed by atoms with Gasteiger partial charge in [-0.15, -0.1) is 0 Å². The molecule has 2 atom stereocenters. The van der Waals surface area contributed by atoms with Crippen LogP contribution in [0.3, 0.4) is 0 Å². The van der Waals surface area contributed by atoms with E-state index in [1.807, 2.05) is 0 Å². The smallest absolute Gasteiger partial charge is 0.168 e. The molecule has 94 valence electrons. The van der Waals surface area contributed by atoms with Crippen LogP contribution in [0.2, 0.25) is 0 Å². The van der Waals surface area contributed by atoms with E-state index in [0.29, 0.717) is 12.2 Å². The lowest BCUT2D eigenvalue weighted by Crippen LogP contribution is -2.27. The Hall–Kier alpha value is -1.13. The number of hydrogen-bond donors (Lipinski definition) is 1. The van der Waals surface area contributed by atoms with Crippen LogP contribution in [0.1, 0.15) is 18.4 Å². The largest absolute Gasteiger partial charge is 0.494 e. The third kappa shape index (κ3) is 2.76. The van der Waals surface area contributed by atoms with Crippen molar-refractivity contribution >= 4 is 0 Å². The highest BCUT2D eigenvalue weighted by Crippen LogP contribution is 2.24. The monoisotopic (exact) mass is 240 g/mol. The minimum absolute atomic E-state index is 0.166. The fourth-order valence-corrected chi connectivity index (χ4v) is 2.13. The molecule has 0 bridgehead atoms. The molecule has 0 spiro atoms. The Kier molecular flexibility index (Phi) is 3.97. The van der Waals surface area contributed by atoms with Gasteiger partial charge in [0.25, 0.3) is 0 Å². The Labute approximate surface area is 100 Å². The molecular weight excluding hydrogens is 223 g/mol. The highest BCUT2D eigenvalue weighted by Gasteiger charge is 2.25. The number of hydrogen-bond acceptors (Lipinski definition) is 3. The van der Waals surface area contributed by atoms with Crippen molar-refractivity contribution in [3.05, 3.63) is 29.6 Å².